The van der Waals surface area contributed by atoms with Crippen molar-refractivity contribution in [2.45, 2.75) is 38.5 Å². The third-order valence-electron chi connectivity index (χ3n) is 3.51. The first kappa shape index (κ1) is 13.6. The number of aromatic nitrogens is 2. The number of benzene rings is 1. The Balaban J connectivity index is 2.10. The minimum Gasteiger partial charge on any atom is -0.429 e. The molecule has 0 aliphatic carbocycles. The van der Waals surface area contributed by atoms with Crippen molar-refractivity contribution < 1.29 is 4.65 Å². The largest absolute Gasteiger partial charge is 0.429 e. The van der Waals surface area contributed by atoms with E-state index in [2.05, 4.69) is 47.1 Å². The Bertz CT molecular complexity index is 545. The van der Waals surface area contributed by atoms with Gasteiger partial charge in [-0.25, -0.2) is 0 Å². The number of fused-ring (bicyclic) bond motifs is 1. The monoisotopic (exact) mass is 261 g/mol. The van der Waals surface area contributed by atoms with Gasteiger partial charge in [0.1, 0.15) is 0 Å². The zero-order valence-electron chi connectivity index (χ0n) is 11.3. The van der Waals surface area contributed by atoms with E-state index in [4.69, 9.17) is 4.65 Å². The van der Waals surface area contributed by atoms with Crippen LogP contribution >= 0.6 is 9.24 Å². The molecule has 2 aromatic rings. The van der Waals surface area contributed by atoms with E-state index in [1.165, 1.54) is 0 Å². The molecule has 1 unspecified atom stereocenters. The van der Waals surface area contributed by atoms with Crippen molar-refractivity contribution in [2.24, 2.45) is 0 Å². The molecular weight excluding hydrogens is 242 g/mol. The summed E-state index contributed by atoms with van der Waals surface area (Å²) in [6.07, 6.45) is 1.82. The normalized spacial score (nSPS) is 12.9. The quantitative estimate of drug-likeness (QED) is 0.677. The molecular formula is C13H19BN2OP. The fraction of sp³-hybridized carbons (Fsp3) is 0.462. The number of H-pyrrole nitrogens is 1. The first-order valence-corrected chi connectivity index (χ1v) is 6.60. The van der Waals surface area contributed by atoms with E-state index in [-0.39, 0.29) is 10.8 Å². The first-order chi connectivity index (χ1) is 8.29. The topological polar surface area (TPSA) is 37.9 Å². The molecule has 0 spiro atoms. The van der Waals surface area contributed by atoms with Gasteiger partial charge in [0.05, 0.1) is 17.3 Å². The summed E-state index contributed by atoms with van der Waals surface area (Å²) in [7, 11) is 4.64. The molecule has 1 aromatic heterocycles. The maximum atomic E-state index is 5.93. The van der Waals surface area contributed by atoms with Crippen LogP contribution in [0.25, 0.3) is 10.9 Å². The van der Waals surface area contributed by atoms with Crippen molar-refractivity contribution in [3.63, 3.8) is 0 Å². The van der Waals surface area contributed by atoms with Crippen LogP contribution in [-0.4, -0.2) is 28.4 Å². The van der Waals surface area contributed by atoms with E-state index in [1.807, 2.05) is 31.9 Å². The van der Waals surface area contributed by atoms with Crippen molar-refractivity contribution in [1.29, 1.82) is 0 Å². The lowest BCUT2D eigenvalue weighted by atomic mass is 9.83. The van der Waals surface area contributed by atoms with Crippen LogP contribution in [0.1, 0.15) is 27.7 Å². The lowest BCUT2D eigenvalue weighted by Crippen LogP contribution is -2.45. The van der Waals surface area contributed by atoms with E-state index in [9.17, 15) is 0 Å². The van der Waals surface area contributed by atoms with Gasteiger partial charge in [-0.05, 0) is 19.9 Å². The molecule has 0 fully saturated rings. The Hall–Kier alpha value is -0.855. The van der Waals surface area contributed by atoms with Gasteiger partial charge in [-0.15, -0.1) is 9.24 Å². The van der Waals surface area contributed by atoms with Crippen molar-refractivity contribution in [1.82, 2.24) is 10.2 Å². The molecule has 0 bridgehead atoms. The summed E-state index contributed by atoms with van der Waals surface area (Å²) in [4.78, 5) is 0. The molecule has 1 N–H and O–H groups in total. The summed E-state index contributed by atoms with van der Waals surface area (Å²) >= 11 is 0. The second kappa shape index (κ2) is 4.67. The minimum atomic E-state index is -0.249. The van der Waals surface area contributed by atoms with Gasteiger partial charge in [0.15, 0.2) is 0 Å². The van der Waals surface area contributed by atoms with E-state index in [1.54, 1.807) is 0 Å². The molecule has 0 amide bonds. The number of rotatable bonds is 4. The molecule has 95 valence electrons. The summed E-state index contributed by atoms with van der Waals surface area (Å²) in [6, 6.07) is 6.10. The van der Waals surface area contributed by atoms with Gasteiger partial charge in [-0.2, -0.15) is 5.10 Å². The highest BCUT2D eigenvalue weighted by Gasteiger charge is 2.33. The molecule has 0 saturated carbocycles. The molecule has 0 aliphatic rings. The molecule has 5 heteroatoms. The lowest BCUT2D eigenvalue weighted by Gasteiger charge is -2.39. The van der Waals surface area contributed by atoms with Crippen molar-refractivity contribution in [3.05, 3.63) is 24.4 Å². The summed E-state index contributed by atoms with van der Waals surface area (Å²) in [6.45, 7) is 8.46. The predicted octanol–water partition coefficient (Wildman–Crippen LogP) is 2.26. The van der Waals surface area contributed by atoms with Crippen LogP contribution in [0.4, 0.5) is 0 Å². The standard InChI is InChI=1S/C13H19BN2OP/c1-12(2,13(3,4)18)17-14-10-6-5-9-8-15-16-11(9)7-10/h5-8H,18H2,1-4H3,(H,15,16). The maximum Gasteiger partial charge on any atom is 0.330 e. The van der Waals surface area contributed by atoms with Gasteiger partial charge in [-0.3, -0.25) is 5.10 Å². The van der Waals surface area contributed by atoms with E-state index in [0.717, 1.165) is 16.4 Å². The molecule has 1 atom stereocenters. The highest BCUT2D eigenvalue weighted by molar-refractivity contribution is 7.19. The molecule has 18 heavy (non-hydrogen) atoms. The maximum absolute atomic E-state index is 5.93. The second-order valence-corrected chi connectivity index (χ2v) is 7.13. The molecule has 1 radical (unpaired) electrons. The van der Waals surface area contributed by atoms with Crippen LogP contribution in [-0.2, 0) is 4.65 Å². The zero-order valence-corrected chi connectivity index (χ0v) is 12.5. The molecule has 1 heterocycles. The lowest BCUT2D eigenvalue weighted by molar-refractivity contribution is 0.0841. The van der Waals surface area contributed by atoms with Crippen molar-refractivity contribution in [3.8, 4) is 0 Å². The molecule has 0 saturated heterocycles. The number of hydrogen-bond acceptors (Lipinski definition) is 2. The van der Waals surface area contributed by atoms with E-state index in [0.29, 0.717) is 0 Å². The Kier molecular flexibility index (Phi) is 3.53. The Morgan fingerprint density at radius 2 is 2.00 bits per heavy atom. The second-order valence-electron chi connectivity index (χ2n) is 5.68. The van der Waals surface area contributed by atoms with Crippen LogP contribution in [0.3, 0.4) is 0 Å². The molecule has 1 aromatic carbocycles. The fourth-order valence-corrected chi connectivity index (χ4v) is 1.46. The zero-order chi connectivity index (χ0) is 13.4. The van der Waals surface area contributed by atoms with Gasteiger partial charge < -0.3 is 4.65 Å². The predicted molar refractivity (Wildman–Crippen MR) is 80.4 cm³/mol. The minimum absolute atomic E-state index is 0.00158. The fourth-order valence-electron chi connectivity index (χ4n) is 1.40. The highest BCUT2D eigenvalue weighted by Crippen LogP contribution is 2.33. The number of nitrogens with zero attached hydrogens (tertiary/aromatic N) is 1. The van der Waals surface area contributed by atoms with Crippen LogP contribution in [0.15, 0.2) is 24.4 Å². The van der Waals surface area contributed by atoms with E-state index < -0.39 is 0 Å². The number of aromatic amines is 1. The van der Waals surface area contributed by atoms with Crippen LogP contribution in [0.2, 0.25) is 0 Å². The Labute approximate surface area is 111 Å². The summed E-state index contributed by atoms with van der Waals surface area (Å²) < 4.78 is 5.93. The molecule has 3 nitrogen and oxygen atoms in total. The van der Waals surface area contributed by atoms with Crippen LogP contribution in [0.5, 0.6) is 0 Å². The van der Waals surface area contributed by atoms with Crippen LogP contribution in [0, 0.1) is 0 Å². The van der Waals surface area contributed by atoms with Gasteiger partial charge in [0.2, 0.25) is 0 Å². The molecule has 2 rings (SSSR count). The van der Waals surface area contributed by atoms with E-state index >= 15 is 0 Å². The number of nitrogens with one attached hydrogen (secondary N) is 1. The molecule has 0 aliphatic heterocycles. The third-order valence-corrected chi connectivity index (χ3v) is 4.20. The van der Waals surface area contributed by atoms with Crippen molar-refractivity contribution in [2.75, 3.05) is 0 Å². The highest BCUT2D eigenvalue weighted by atomic mass is 31.0. The van der Waals surface area contributed by atoms with Gasteiger partial charge in [0.25, 0.3) is 0 Å². The summed E-state index contributed by atoms with van der Waals surface area (Å²) in [5.74, 6) is 0. The summed E-state index contributed by atoms with van der Waals surface area (Å²) in [5.41, 5.74) is 1.81. The third kappa shape index (κ3) is 2.76. The van der Waals surface area contributed by atoms with Gasteiger partial charge in [-0.1, -0.05) is 31.4 Å². The Morgan fingerprint density at radius 3 is 2.67 bits per heavy atom. The average Bonchev–Trinajstić information content (AvgIpc) is 2.71. The average molecular weight is 261 g/mol. The van der Waals surface area contributed by atoms with Crippen molar-refractivity contribution >= 4 is 33.1 Å². The van der Waals surface area contributed by atoms with Crippen LogP contribution < -0.4 is 5.46 Å². The summed E-state index contributed by atoms with van der Waals surface area (Å²) in [5, 5.41) is 8.08. The van der Waals surface area contributed by atoms with Gasteiger partial charge >= 0.3 is 7.48 Å². The SMILES string of the molecule is CC(C)(P)C(C)(C)O[B]c1ccc2cn[nH]c2c1. The Morgan fingerprint density at radius 1 is 1.28 bits per heavy atom. The smallest absolute Gasteiger partial charge is 0.330 e. The van der Waals surface area contributed by atoms with Gasteiger partial charge in [0, 0.05) is 10.5 Å². The first-order valence-electron chi connectivity index (χ1n) is 6.03. The number of hydrogen-bond donors (Lipinski definition) is 1.